The quantitative estimate of drug-likeness (QED) is 0.604. The highest BCUT2D eigenvalue weighted by Gasteiger charge is 2.05. The Morgan fingerprint density at radius 2 is 2.04 bits per heavy atom. The molecule has 0 amide bonds. The highest BCUT2D eigenvalue weighted by molar-refractivity contribution is 7.80. The van der Waals surface area contributed by atoms with Crippen LogP contribution in [0.4, 0.5) is 11.4 Å². The van der Waals surface area contributed by atoms with Gasteiger partial charge in [0.25, 0.3) is 0 Å². The van der Waals surface area contributed by atoms with Crippen molar-refractivity contribution in [1.82, 2.24) is 9.78 Å². The van der Waals surface area contributed by atoms with Crippen LogP contribution in [0.1, 0.15) is 11.1 Å². The summed E-state index contributed by atoms with van der Waals surface area (Å²) in [4.78, 5) is 0. The molecule has 0 saturated heterocycles. The van der Waals surface area contributed by atoms with E-state index in [-0.39, 0.29) is 6.73 Å². The minimum absolute atomic E-state index is 0.277. The Morgan fingerprint density at radius 1 is 1.19 bits per heavy atom. The number of rotatable bonds is 5. The minimum atomic E-state index is 0.277. The smallest absolute Gasteiger partial charge is 0.180 e. The molecular formula is C19H19ClN4OS. The van der Waals surface area contributed by atoms with Crippen LogP contribution in [0.3, 0.4) is 0 Å². The molecular weight excluding hydrogens is 368 g/mol. The summed E-state index contributed by atoms with van der Waals surface area (Å²) >= 11 is 11.3. The van der Waals surface area contributed by atoms with Gasteiger partial charge in [-0.2, -0.15) is 5.10 Å². The summed E-state index contributed by atoms with van der Waals surface area (Å²) in [6.45, 7) is 4.38. The topological polar surface area (TPSA) is 51.1 Å². The van der Waals surface area contributed by atoms with Crippen LogP contribution in [0.15, 0.2) is 54.9 Å². The zero-order valence-electron chi connectivity index (χ0n) is 14.5. The van der Waals surface area contributed by atoms with E-state index in [9.17, 15) is 0 Å². The lowest BCUT2D eigenvalue weighted by atomic mass is 10.1. The number of ether oxygens (including phenoxy) is 1. The molecule has 2 aromatic carbocycles. The minimum Gasteiger partial charge on any atom is -0.471 e. The third kappa shape index (κ3) is 4.97. The molecule has 7 heteroatoms. The molecule has 26 heavy (non-hydrogen) atoms. The fraction of sp³-hybridized carbons (Fsp3) is 0.158. The third-order valence-corrected chi connectivity index (χ3v) is 4.12. The Kier molecular flexibility index (Phi) is 5.75. The molecule has 134 valence electrons. The predicted octanol–water partition coefficient (Wildman–Crippen LogP) is 5.00. The van der Waals surface area contributed by atoms with Gasteiger partial charge in [0.2, 0.25) is 0 Å². The van der Waals surface area contributed by atoms with Crippen molar-refractivity contribution in [2.75, 3.05) is 10.6 Å². The number of nitrogens with one attached hydrogen (secondary N) is 2. The maximum Gasteiger partial charge on any atom is 0.180 e. The standard InChI is InChI=1S/C19H19ClN4OS/c1-13-6-7-18(14(2)8-13)23-19(26)22-16-10-21-24(11-16)12-25-17-5-3-4-15(20)9-17/h3-11H,12H2,1-2H3,(H2,22,23,26). The van der Waals surface area contributed by atoms with Gasteiger partial charge in [0.05, 0.1) is 18.1 Å². The summed E-state index contributed by atoms with van der Waals surface area (Å²) in [5.41, 5.74) is 4.11. The number of aryl methyl sites for hydroxylation is 2. The first-order valence-electron chi connectivity index (χ1n) is 8.06. The maximum absolute atomic E-state index is 5.94. The van der Waals surface area contributed by atoms with Crippen molar-refractivity contribution in [2.24, 2.45) is 0 Å². The monoisotopic (exact) mass is 386 g/mol. The first-order chi connectivity index (χ1) is 12.5. The lowest BCUT2D eigenvalue weighted by molar-refractivity contribution is 0.221. The summed E-state index contributed by atoms with van der Waals surface area (Å²) in [7, 11) is 0. The number of benzene rings is 2. The van der Waals surface area contributed by atoms with Crippen LogP contribution in [0.25, 0.3) is 0 Å². The van der Waals surface area contributed by atoms with Crippen LogP contribution in [-0.4, -0.2) is 14.9 Å². The van der Waals surface area contributed by atoms with Gasteiger partial charge in [-0.05, 0) is 55.9 Å². The van der Waals surface area contributed by atoms with Gasteiger partial charge in [-0.15, -0.1) is 0 Å². The number of nitrogens with zero attached hydrogens (tertiary/aromatic N) is 2. The van der Waals surface area contributed by atoms with Crippen LogP contribution >= 0.6 is 23.8 Å². The van der Waals surface area contributed by atoms with E-state index in [0.29, 0.717) is 15.9 Å². The van der Waals surface area contributed by atoms with Gasteiger partial charge in [-0.25, -0.2) is 4.68 Å². The molecule has 3 rings (SSSR count). The maximum atomic E-state index is 5.94. The van der Waals surface area contributed by atoms with Crippen LogP contribution < -0.4 is 15.4 Å². The molecule has 0 radical (unpaired) electrons. The van der Waals surface area contributed by atoms with Gasteiger partial charge >= 0.3 is 0 Å². The average Bonchev–Trinajstić information content (AvgIpc) is 3.03. The van der Waals surface area contributed by atoms with Gasteiger partial charge in [0, 0.05) is 10.7 Å². The zero-order valence-corrected chi connectivity index (χ0v) is 16.1. The molecule has 0 saturated carbocycles. The molecule has 0 aliphatic heterocycles. The molecule has 0 aliphatic carbocycles. The summed E-state index contributed by atoms with van der Waals surface area (Å²) in [6.07, 6.45) is 3.51. The molecule has 0 aliphatic rings. The highest BCUT2D eigenvalue weighted by Crippen LogP contribution is 2.18. The first-order valence-corrected chi connectivity index (χ1v) is 8.84. The molecule has 0 atom stereocenters. The molecule has 0 bridgehead atoms. The molecule has 0 unspecified atom stereocenters. The molecule has 0 spiro atoms. The zero-order chi connectivity index (χ0) is 18.5. The molecule has 3 aromatic rings. The van der Waals surface area contributed by atoms with Gasteiger partial charge in [0.1, 0.15) is 5.75 Å². The average molecular weight is 387 g/mol. The molecule has 2 N–H and O–H groups in total. The van der Waals surface area contributed by atoms with Crippen LogP contribution in [-0.2, 0) is 6.73 Å². The van der Waals surface area contributed by atoms with Crippen molar-refractivity contribution in [2.45, 2.75) is 20.6 Å². The number of thiocarbonyl (C=S) groups is 1. The molecule has 5 nitrogen and oxygen atoms in total. The van der Waals surface area contributed by atoms with Crippen molar-refractivity contribution in [3.05, 3.63) is 71.0 Å². The molecule has 1 aromatic heterocycles. The lowest BCUT2D eigenvalue weighted by Gasteiger charge is -2.12. The largest absolute Gasteiger partial charge is 0.471 e. The summed E-state index contributed by atoms with van der Waals surface area (Å²) in [5.74, 6) is 0.689. The van der Waals surface area contributed by atoms with E-state index >= 15 is 0 Å². The van der Waals surface area contributed by atoms with Gasteiger partial charge < -0.3 is 15.4 Å². The highest BCUT2D eigenvalue weighted by atomic mass is 35.5. The van der Waals surface area contributed by atoms with Gasteiger partial charge in [-0.1, -0.05) is 35.4 Å². The molecule has 1 heterocycles. The number of hydrogen-bond donors (Lipinski definition) is 2. The Morgan fingerprint density at radius 3 is 2.81 bits per heavy atom. The van der Waals surface area contributed by atoms with E-state index in [0.717, 1.165) is 16.9 Å². The van der Waals surface area contributed by atoms with Crippen molar-refractivity contribution < 1.29 is 4.74 Å². The Balaban J connectivity index is 1.55. The van der Waals surface area contributed by atoms with E-state index in [1.807, 2.05) is 37.4 Å². The molecule has 0 fully saturated rings. The van der Waals surface area contributed by atoms with Crippen molar-refractivity contribution >= 4 is 40.3 Å². The summed E-state index contributed by atoms with van der Waals surface area (Å²) in [5, 5.41) is 11.7. The second kappa shape index (κ2) is 8.21. The predicted molar refractivity (Wildman–Crippen MR) is 110 cm³/mol. The normalized spacial score (nSPS) is 10.4. The van der Waals surface area contributed by atoms with Crippen LogP contribution in [0.5, 0.6) is 5.75 Å². The number of anilines is 2. The van der Waals surface area contributed by atoms with Crippen molar-refractivity contribution in [3.63, 3.8) is 0 Å². The van der Waals surface area contributed by atoms with E-state index in [2.05, 4.69) is 28.7 Å². The second-order valence-corrected chi connectivity index (χ2v) is 6.74. The van der Waals surface area contributed by atoms with E-state index in [1.54, 1.807) is 23.0 Å². The fourth-order valence-electron chi connectivity index (χ4n) is 2.43. The van der Waals surface area contributed by atoms with Crippen molar-refractivity contribution in [1.29, 1.82) is 0 Å². The van der Waals surface area contributed by atoms with E-state index < -0.39 is 0 Å². The summed E-state index contributed by atoms with van der Waals surface area (Å²) < 4.78 is 7.32. The number of hydrogen-bond acceptors (Lipinski definition) is 3. The second-order valence-electron chi connectivity index (χ2n) is 5.90. The SMILES string of the molecule is Cc1ccc(NC(=S)Nc2cnn(COc3cccc(Cl)c3)c2)c(C)c1. The van der Waals surface area contributed by atoms with Gasteiger partial charge in [0.15, 0.2) is 11.8 Å². The van der Waals surface area contributed by atoms with Gasteiger partial charge in [-0.3, -0.25) is 0 Å². The Hall–Kier alpha value is -2.57. The van der Waals surface area contributed by atoms with Crippen molar-refractivity contribution in [3.8, 4) is 5.75 Å². The summed E-state index contributed by atoms with van der Waals surface area (Å²) in [6, 6.07) is 13.4. The first kappa shape index (κ1) is 18.2. The van der Waals surface area contributed by atoms with Crippen LogP contribution in [0.2, 0.25) is 5.02 Å². The lowest BCUT2D eigenvalue weighted by Crippen LogP contribution is -2.19. The Labute approximate surface area is 162 Å². The number of halogens is 1. The van der Waals surface area contributed by atoms with E-state index in [4.69, 9.17) is 28.6 Å². The fourth-order valence-corrected chi connectivity index (χ4v) is 2.84. The third-order valence-electron chi connectivity index (χ3n) is 3.68. The van der Waals surface area contributed by atoms with Crippen LogP contribution in [0, 0.1) is 13.8 Å². The Bertz CT molecular complexity index is 925. The van der Waals surface area contributed by atoms with E-state index in [1.165, 1.54) is 5.56 Å². The number of aromatic nitrogens is 2.